The maximum absolute atomic E-state index is 12.2. The first-order valence-electron chi connectivity index (χ1n) is 5.79. The summed E-state index contributed by atoms with van der Waals surface area (Å²) in [6, 6.07) is 11.5. The SMILES string of the molecule is O=S(=O)(Nc1nc2cccc(Br)c2o1)c1ccc(Br)cc1. The van der Waals surface area contributed by atoms with E-state index in [1.54, 1.807) is 30.3 Å². The van der Waals surface area contributed by atoms with E-state index >= 15 is 0 Å². The summed E-state index contributed by atoms with van der Waals surface area (Å²) in [5.41, 5.74) is 1.06. The molecule has 1 N–H and O–H groups in total. The maximum atomic E-state index is 12.2. The van der Waals surface area contributed by atoms with Gasteiger partial charge in [-0.3, -0.25) is 0 Å². The first-order valence-corrected chi connectivity index (χ1v) is 8.86. The van der Waals surface area contributed by atoms with Gasteiger partial charge in [-0.1, -0.05) is 22.0 Å². The molecule has 5 nitrogen and oxygen atoms in total. The third kappa shape index (κ3) is 2.97. The number of benzene rings is 2. The molecule has 3 aromatic rings. The molecule has 108 valence electrons. The highest BCUT2D eigenvalue weighted by atomic mass is 79.9. The number of hydrogen-bond donors (Lipinski definition) is 1. The molecule has 0 aliphatic rings. The summed E-state index contributed by atoms with van der Waals surface area (Å²) in [5, 5.41) is 0. The summed E-state index contributed by atoms with van der Waals surface area (Å²) < 4.78 is 33.7. The second-order valence-corrected chi connectivity index (χ2v) is 7.62. The number of nitrogens with one attached hydrogen (secondary N) is 1. The van der Waals surface area contributed by atoms with Gasteiger partial charge in [-0.2, -0.15) is 4.98 Å². The van der Waals surface area contributed by atoms with Gasteiger partial charge in [0.25, 0.3) is 10.0 Å². The van der Waals surface area contributed by atoms with Crippen LogP contribution in [0.15, 0.2) is 60.7 Å². The van der Waals surface area contributed by atoms with Crippen LogP contribution in [0.25, 0.3) is 11.1 Å². The number of aromatic nitrogens is 1. The van der Waals surface area contributed by atoms with Gasteiger partial charge in [0.1, 0.15) is 5.52 Å². The topological polar surface area (TPSA) is 72.2 Å². The van der Waals surface area contributed by atoms with E-state index in [9.17, 15) is 8.42 Å². The average molecular weight is 432 g/mol. The summed E-state index contributed by atoms with van der Waals surface area (Å²) in [7, 11) is -3.73. The number of oxazole rings is 1. The fourth-order valence-electron chi connectivity index (χ4n) is 1.75. The minimum absolute atomic E-state index is 0.0696. The number of anilines is 1. The molecule has 0 saturated carbocycles. The molecule has 0 radical (unpaired) electrons. The molecule has 0 aliphatic heterocycles. The quantitative estimate of drug-likeness (QED) is 0.675. The number of sulfonamides is 1. The molecule has 1 aromatic heterocycles. The Morgan fingerprint density at radius 2 is 1.76 bits per heavy atom. The van der Waals surface area contributed by atoms with Gasteiger partial charge in [-0.05, 0) is 52.3 Å². The molecular formula is C13H8Br2N2O3S. The van der Waals surface area contributed by atoms with Crippen molar-refractivity contribution in [3.05, 3.63) is 51.4 Å². The maximum Gasteiger partial charge on any atom is 0.310 e. The molecule has 3 rings (SSSR count). The van der Waals surface area contributed by atoms with E-state index in [2.05, 4.69) is 41.6 Å². The van der Waals surface area contributed by atoms with Crippen LogP contribution in [0.2, 0.25) is 0 Å². The fraction of sp³-hybridized carbons (Fsp3) is 0. The number of nitrogens with zero attached hydrogens (tertiary/aromatic N) is 1. The van der Waals surface area contributed by atoms with Crippen LogP contribution in [-0.4, -0.2) is 13.4 Å². The second-order valence-electron chi connectivity index (χ2n) is 4.17. The smallest absolute Gasteiger partial charge is 0.310 e. The van der Waals surface area contributed by atoms with Gasteiger partial charge >= 0.3 is 6.01 Å². The van der Waals surface area contributed by atoms with Crippen LogP contribution >= 0.6 is 31.9 Å². The Bertz CT molecular complexity index is 905. The van der Waals surface area contributed by atoms with E-state index in [0.29, 0.717) is 15.6 Å². The van der Waals surface area contributed by atoms with Gasteiger partial charge < -0.3 is 4.42 Å². The lowest BCUT2D eigenvalue weighted by Crippen LogP contribution is -2.12. The van der Waals surface area contributed by atoms with Crippen molar-refractivity contribution in [2.45, 2.75) is 4.90 Å². The fourth-order valence-corrected chi connectivity index (χ4v) is 3.38. The summed E-state index contributed by atoms with van der Waals surface area (Å²) >= 11 is 6.59. The van der Waals surface area contributed by atoms with Crippen LogP contribution in [0.4, 0.5) is 6.01 Å². The van der Waals surface area contributed by atoms with Gasteiger partial charge in [0, 0.05) is 4.47 Å². The summed E-state index contributed by atoms with van der Waals surface area (Å²) in [4.78, 5) is 4.24. The molecule has 21 heavy (non-hydrogen) atoms. The molecule has 8 heteroatoms. The zero-order valence-electron chi connectivity index (χ0n) is 10.4. The molecule has 0 bridgehead atoms. The molecular weight excluding hydrogens is 424 g/mol. The monoisotopic (exact) mass is 430 g/mol. The second kappa shape index (κ2) is 5.43. The third-order valence-corrected chi connectivity index (χ3v) is 5.20. The van der Waals surface area contributed by atoms with Crippen molar-refractivity contribution in [1.82, 2.24) is 4.98 Å². The number of para-hydroxylation sites is 1. The standard InChI is InChI=1S/C13H8Br2N2O3S/c14-8-4-6-9(7-5-8)21(18,19)17-13-16-11-3-1-2-10(15)12(11)20-13/h1-7H,(H,16,17). The van der Waals surface area contributed by atoms with Crippen molar-refractivity contribution in [1.29, 1.82) is 0 Å². The minimum Gasteiger partial charge on any atom is -0.422 e. The Morgan fingerprint density at radius 3 is 2.43 bits per heavy atom. The molecule has 1 heterocycles. The molecule has 2 aromatic carbocycles. The number of rotatable bonds is 3. The zero-order chi connectivity index (χ0) is 15.0. The minimum atomic E-state index is -3.73. The van der Waals surface area contributed by atoms with Gasteiger partial charge in [-0.15, -0.1) is 0 Å². The number of fused-ring (bicyclic) bond motifs is 1. The Morgan fingerprint density at radius 1 is 1.05 bits per heavy atom. The zero-order valence-corrected chi connectivity index (χ0v) is 14.4. The Labute approximate surface area is 137 Å². The molecule has 0 amide bonds. The number of halogens is 2. The average Bonchev–Trinajstić information content (AvgIpc) is 2.82. The molecule has 0 aliphatic carbocycles. The van der Waals surface area contributed by atoms with E-state index in [1.807, 2.05) is 0 Å². The largest absolute Gasteiger partial charge is 0.422 e. The van der Waals surface area contributed by atoms with Crippen LogP contribution < -0.4 is 4.72 Å². The van der Waals surface area contributed by atoms with Crippen molar-refractivity contribution in [2.24, 2.45) is 0 Å². The predicted molar refractivity (Wildman–Crippen MR) is 86.7 cm³/mol. The molecule has 0 unspecified atom stereocenters. The van der Waals surface area contributed by atoms with Crippen molar-refractivity contribution >= 4 is 59.0 Å². The van der Waals surface area contributed by atoms with Crippen LogP contribution in [-0.2, 0) is 10.0 Å². The Kier molecular flexibility index (Phi) is 3.76. The highest BCUT2D eigenvalue weighted by Gasteiger charge is 2.18. The molecule has 0 saturated heterocycles. The number of hydrogen-bond acceptors (Lipinski definition) is 4. The summed E-state index contributed by atoms with van der Waals surface area (Å²) in [5.74, 6) is 0. The van der Waals surface area contributed by atoms with Gasteiger partial charge in [-0.25, -0.2) is 13.1 Å². The molecule has 0 fully saturated rings. The summed E-state index contributed by atoms with van der Waals surface area (Å²) in [6.45, 7) is 0. The van der Waals surface area contributed by atoms with E-state index in [4.69, 9.17) is 4.42 Å². The Balaban J connectivity index is 1.97. The normalized spacial score (nSPS) is 11.7. The van der Waals surface area contributed by atoms with Crippen LogP contribution in [0.1, 0.15) is 0 Å². The van der Waals surface area contributed by atoms with Crippen molar-refractivity contribution in [3.63, 3.8) is 0 Å². The van der Waals surface area contributed by atoms with Crippen molar-refractivity contribution < 1.29 is 12.8 Å². The Hall–Kier alpha value is -1.38. The lowest BCUT2D eigenvalue weighted by atomic mass is 10.3. The third-order valence-electron chi connectivity index (χ3n) is 2.71. The van der Waals surface area contributed by atoms with Crippen LogP contribution in [0.3, 0.4) is 0 Å². The lowest BCUT2D eigenvalue weighted by molar-refractivity contribution is 0.591. The van der Waals surface area contributed by atoms with E-state index in [0.717, 1.165) is 4.47 Å². The van der Waals surface area contributed by atoms with E-state index in [1.165, 1.54) is 12.1 Å². The predicted octanol–water partition coefficient (Wildman–Crippen LogP) is 4.15. The molecule has 0 spiro atoms. The summed E-state index contributed by atoms with van der Waals surface area (Å²) in [6.07, 6.45) is 0. The van der Waals surface area contributed by atoms with Crippen LogP contribution in [0.5, 0.6) is 0 Å². The van der Waals surface area contributed by atoms with Crippen molar-refractivity contribution in [3.8, 4) is 0 Å². The van der Waals surface area contributed by atoms with Gasteiger partial charge in [0.15, 0.2) is 5.58 Å². The van der Waals surface area contributed by atoms with E-state index in [-0.39, 0.29) is 10.9 Å². The van der Waals surface area contributed by atoms with Gasteiger partial charge in [0.2, 0.25) is 0 Å². The molecule has 0 atom stereocenters. The first-order chi connectivity index (χ1) is 9.95. The van der Waals surface area contributed by atoms with Crippen LogP contribution in [0, 0.1) is 0 Å². The highest BCUT2D eigenvalue weighted by Crippen LogP contribution is 2.27. The first kappa shape index (κ1) is 14.6. The van der Waals surface area contributed by atoms with Crippen molar-refractivity contribution in [2.75, 3.05) is 4.72 Å². The lowest BCUT2D eigenvalue weighted by Gasteiger charge is -2.04. The van der Waals surface area contributed by atoms with Gasteiger partial charge in [0.05, 0.1) is 9.37 Å². The van der Waals surface area contributed by atoms with E-state index < -0.39 is 10.0 Å². The highest BCUT2D eigenvalue weighted by molar-refractivity contribution is 9.11.